The van der Waals surface area contributed by atoms with E-state index >= 15 is 0 Å². The average Bonchev–Trinajstić information content (AvgIpc) is 3.06. The van der Waals surface area contributed by atoms with Crippen molar-refractivity contribution in [2.75, 3.05) is 19.0 Å². The third kappa shape index (κ3) is 4.51. The Bertz CT molecular complexity index is 1040. The lowest BCUT2D eigenvalue weighted by molar-refractivity contribution is -0.119. The van der Waals surface area contributed by atoms with E-state index < -0.39 is 23.9 Å². The van der Waals surface area contributed by atoms with Gasteiger partial charge >= 0.3 is 6.09 Å². The quantitative estimate of drug-likeness (QED) is 0.568. The first kappa shape index (κ1) is 22.2. The molecule has 1 heterocycles. The van der Waals surface area contributed by atoms with Gasteiger partial charge in [0.15, 0.2) is 11.5 Å². The van der Waals surface area contributed by atoms with Crippen molar-refractivity contribution < 1.29 is 29.0 Å². The zero-order chi connectivity index (χ0) is 22.7. The Morgan fingerprint density at radius 1 is 1.29 bits per heavy atom. The van der Waals surface area contributed by atoms with Crippen LogP contribution in [-0.4, -0.2) is 41.6 Å². The predicted molar refractivity (Wildman–Crippen MR) is 114 cm³/mol. The van der Waals surface area contributed by atoms with Crippen LogP contribution in [-0.2, 0) is 11.3 Å². The van der Waals surface area contributed by atoms with Crippen molar-refractivity contribution in [1.29, 1.82) is 0 Å². The molecule has 3 rings (SSSR count). The van der Waals surface area contributed by atoms with Gasteiger partial charge in [-0.15, -0.1) is 0 Å². The Kier molecular flexibility index (Phi) is 6.55. The molecule has 164 valence electrons. The maximum atomic E-state index is 13.3. The molecule has 3 amide bonds. The molecule has 0 aromatic heterocycles. The number of nitrogens with one attached hydrogen (secondary N) is 1. The fourth-order valence-electron chi connectivity index (χ4n) is 3.65. The summed E-state index contributed by atoms with van der Waals surface area (Å²) < 4.78 is 10.9. The Labute approximate surface area is 183 Å². The Balaban J connectivity index is 2.05. The van der Waals surface area contributed by atoms with E-state index in [-0.39, 0.29) is 24.2 Å². The molecular formula is C21H22ClN3O6. The molecule has 31 heavy (non-hydrogen) atoms. The average molecular weight is 448 g/mol. The van der Waals surface area contributed by atoms with Gasteiger partial charge in [-0.05, 0) is 36.8 Å². The van der Waals surface area contributed by atoms with Gasteiger partial charge in [0.05, 0.1) is 37.4 Å². The maximum absolute atomic E-state index is 13.3. The summed E-state index contributed by atoms with van der Waals surface area (Å²) >= 11 is 6.29. The van der Waals surface area contributed by atoms with E-state index in [2.05, 4.69) is 5.32 Å². The van der Waals surface area contributed by atoms with Crippen molar-refractivity contribution >= 4 is 35.2 Å². The molecule has 0 radical (unpaired) electrons. The highest BCUT2D eigenvalue weighted by molar-refractivity contribution is 6.32. The molecule has 1 aliphatic heterocycles. The number of carbonyl (C=O) groups excluding carboxylic acids is 2. The van der Waals surface area contributed by atoms with Crippen LogP contribution in [0.25, 0.3) is 0 Å². The number of methoxy groups -OCH3 is 1. The summed E-state index contributed by atoms with van der Waals surface area (Å²) in [4.78, 5) is 37.7. The number of anilines is 1. The summed E-state index contributed by atoms with van der Waals surface area (Å²) in [7, 11) is 1.51. The van der Waals surface area contributed by atoms with Crippen molar-refractivity contribution in [3.8, 4) is 11.5 Å². The van der Waals surface area contributed by atoms with Crippen LogP contribution in [0.15, 0.2) is 30.3 Å². The number of primary amides is 1. The van der Waals surface area contributed by atoms with Crippen LogP contribution in [0.2, 0.25) is 5.02 Å². The van der Waals surface area contributed by atoms with Gasteiger partial charge in [-0.25, -0.2) is 4.79 Å². The van der Waals surface area contributed by atoms with Crippen molar-refractivity contribution in [2.45, 2.75) is 25.9 Å². The zero-order valence-electron chi connectivity index (χ0n) is 17.0. The highest BCUT2D eigenvalue weighted by Crippen LogP contribution is 2.41. The molecule has 2 aromatic carbocycles. The number of hydrogen-bond acceptors (Lipinski definition) is 5. The monoisotopic (exact) mass is 447 g/mol. The van der Waals surface area contributed by atoms with Crippen molar-refractivity contribution in [3.05, 3.63) is 52.0 Å². The summed E-state index contributed by atoms with van der Waals surface area (Å²) in [6.07, 6.45) is -1.45. The van der Waals surface area contributed by atoms with Gasteiger partial charge in [0.1, 0.15) is 0 Å². The van der Waals surface area contributed by atoms with E-state index in [0.29, 0.717) is 34.3 Å². The van der Waals surface area contributed by atoms with Crippen LogP contribution in [0.3, 0.4) is 0 Å². The van der Waals surface area contributed by atoms with E-state index in [1.807, 2.05) is 6.92 Å². The topological polar surface area (TPSA) is 131 Å². The number of halogens is 1. The largest absolute Gasteiger partial charge is 0.493 e. The van der Waals surface area contributed by atoms with Gasteiger partial charge in [-0.3, -0.25) is 14.9 Å². The highest BCUT2D eigenvalue weighted by Gasteiger charge is 2.38. The van der Waals surface area contributed by atoms with Crippen LogP contribution in [0, 0.1) is 0 Å². The second kappa shape index (κ2) is 9.13. The van der Waals surface area contributed by atoms with Crippen molar-refractivity contribution in [1.82, 2.24) is 4.90 Å². The van der Waals surface area contributed by atoms with Gasteiger partial charge in [0, 0.05) is 17.1 Å². The van der Waals surface area contributed by atoms with E-state index in [1.165, 1.54) is 24.1 Å². The number of ether oxygens (including phenoxy) is 2. The van der Waals surface area contributed by atoms with E-state index in [1.54, 1.807) is 18.2 Å². The number of carbonyl (C=O) groups is 3. The molecule has 4 N–H and O–H groups in total. The fraction of sp³-hybridized carbons (Fsp3) is 0.286. The molecule has 9 nitrogen and oxygen atoms in total. The molecule has 1 aliphatic rings. The van der Waals surface area contributed by atoms with E-state index in [0.717, 1.165) is 0 Å². The molecule has 2 aromatic rings. The molecular weight excluding hydrogens is 426 g/mol. The number of nitrogens with two attached hydrogens (primary N) is 1. The van der Waals surface area contributed by atoms with Crippen LogP contribution >= 0.6 is 11.6 Å². The van der Waals surface area contributed by atoms with Gasteiger partial charge in [-0.1, -0.05) is 17.7 Å². The normalized spacial score (nSPS) is 13.5. The minimum atomic E-state index is -1.30. The van der Waals surface area contributed by atoms with Crippen molar-refractivity contribution in [2.24, 2.45) is 5.73 Å². The SMILES string of the molecule is CCOc1cc([C@@H](CC(N)=O)N2Cc3c(Cl)ccc(NC(=O)O)c3C2=O)ccc1OC. The molecule has 0 spiro atoms. The predicted octanol–water partition coefficient (Wildman–Crippen LogP) is 3.41. The van der Waals surface area contributed by atoms with Gasteiger partial charge in [0.25, 0.3) is 5.91 Å². The lowest BCUT2D eigenvalue weighted by Gasteiger charge is -2.28. The lowest BCUT2D eigenvalue weighted by atomic mass is 10.0. The fourth-order valence-corrected chi connectivity index (χ4v) is 3.86. The summed E-state index contributed by atoms with van der Waals surface area (Å²) in [5, 5.41) is 11.6. The minimum Gasteiger partial charge on any atom is -0.493 e. The number of amides is 3. The van der Waals surface area contributed by atoms with E-state index in [4.69, 9.17) is 31.9 Å². The molecule has 0 unspecified atom stereocenters. The first-order valence-corrected chi connectivity index (χ1v) is 9.85. The standard InChI is InChI=1S/C21H22ClN3O6/c1-3-31-17-8-11(4-7-16(17)30-2)15(9-18(23)26)25-10-12-13(22)5-6-14(24-21(28)29)19(12)20(25)27/h4-8,15,24H,3,9-10H2,1-2H3,(H2,23,26)(H,28,29)/t15-/m1/s1. The maximum Gasteiger partial charge on any atom is 0.409 e. The lowest BCUT2D eigenvalue weighted by Crippen LogP contribution is -2.32. The number of benzene rings is 2. The Hall–Kier alpha value is -3.46. The number of carboxylic acid groups (broad SMARTS) is 1. The highest BCUT2D eigenvalue weighted by atomic mass is 35.5. The van der Waals surface area contributed by atoms with Crippen LogP contribution in [0.1, 0.15) is 40.9 Å². The number of rotatable bonds is 8. The summed E-state index contributed by atoms with van der Waals surface area (Å²) in [5.74, 6) is -0.0818. The third-order valence-corrected chi connectivity index (χ3v) is 5.30. The number of fused-ring (bicyclic) bond motifs is 1. The minimum absolute atomic E-state index is 0.0933. The van der Waals surface area contributed by atoms with Gasteiger partial charge in [-0.2, -0.15) is 0 Å². The van der Waals surface area contributed by atoms with E-state index in [9.17, 15) is 14.4 Å². The first-order chi connectivity index (χ1) is 14.8. The Morgan fingerprint density at radius 2 is 2.03 bits per heavy atom. The second-order valence-electron chi connectivity index (χ2n) is 6.84. The molecule has 0 bridgehead atoms. The molecule has 1 atom stereocenters. The molecule has 0 fully saturated rings. The summed E-state index contributed by atoms with van der Waals surface area (Å²) in [6.45, 7) is 2.32. The summed E-state index contributed by atoms with van der Waals surface area (Å²) in [5.41, 5.74) is 6.86. The molecule has 10 heteroatoms. The molecule has 0 saturated heterocycles. The van der Waals surface area contributed by atoms with Gasteiger partial charge < -0.3 is 25.2 Å². The second-order valence-corrected chi connectivity index (χ2v) is 7.25. The smallest absolute Gasteiger partial charge is 0.409 e. The Morgan fingerprint density at radius 3 is 2.65 bits per heavy atom. The van der Waals surface area contributed by atoms with Gasteiger partial charge in [0.2, 0.25) is 5.91 Å². The molecule has 0 saturated carbocycles. The van der Waals surface area contributed by atoms with Crippen LogP contribution in [0.4, 0.5) is 10.5 Å². The van der Waals surface area contributed by atoms with Crippen LogP contribution < -0.4 is 20.5 Å². The zero-order valence-corrected chi connectivity index (χ0v) is 17.7. The number of hydrogen-bond donors (Lipinski definition) is 3. The first-order valence-electron chi connectivity index (χ1n) is 9.48. The molecule has 0 aliphatic carbocycles. The third-order valence-electron chi connectivity index (χ3n) is 4.94. The van der Waals surface area contributed by atoms with Crippen molar-refractivity contribution in [3.63, 3.8) is 0 Å². The van der Waals surface area contributed by atoms with Crippen LogP contribution in [0.5, 0.6) is 11.5 Å². The summed E-state index contributed by atoms with van der Waals surface area (Å²) in [6, 6.07) is 7.35. The number of nitrogens with zero attached hydrogens (tertiary/aromatic N) is 1.